The Hall–Kier alpha value is -1.06. The molecule has 0 radical (unpaired) electrons. The van der Waals surface area contributed by atoms with Crippen molar-refractivity contribution in [2.75, 3.05) is 0 Å². The highest BCUT2D eigenvalue weighted by molar-refractivity contribution is 5.99. The maximum absolute atomic E-state index is 10.7. The minimum absolute atomic E-state index is 0.188. The van der Waals surface area contributed by atoms with Gasteiger partial charge in [-0.25, -0.2) is 0 Å². The Balaban J connectivity index is 2.89. The van der Waals surface area contributed by atoms with E-state index in [1.54, 1.807) is 0 Å². The molecule has 0 aliphatic heterocycles. The van der Waals surface area contributed by atoms with Crippen LogP contribution >= 0.6 is 0 Å². The average molecular weight is 172 g/mol. The van der Waals surface area contributed by atoms with Crippen LogP contribution in [0.5, 0.6) is 0 Å². The van der Waals surface area contributed by atoms with Crippen molar-refractivity contribution in [1.29, 1.82) is 0 Å². The van der Waals surface area contributed by atoms with Gasteiger partial charge in [-0.2, -0.15) is 0 Å². The highest BCUT2D eigenvalue weighted by atomic mass is 16.4. The lowest BCUT2D eigenvalue weighted by Crippen LogP contribution is -2.52. The van der Waals surface area contributed by atoms with Crippen LogP contribution in [0, 0.1) is 11.3 Å². The summed E-state index contributed by atoms with van der Waals surface area (Å²) in [4.78, 5) is 21.5. The van der Waals surface area contributed by atoms with Crippen LogP contribution in [0.15, 0.2) is 0 Å². The summed E-state index contributed by atoms with van der Waals surface area (Å²) in [7, 11) is 0. The minimum atomic E-state index is -1.48. The molecule has 1 fully saturated rings. The highest BCUT2D eigenvalue weighted by Gasteiger charge is 2.58. The van der Waals surface area contributed by atoms with E-state index >= 15 is 0 Å². The molecule has 0 aromatic rings. The van der Waals surface area contributed by atoms with Gasteiger partial charge in [0, 0.05) is 0 Å². The molecule has 1 aliphatic rings. The molecule has 68 valence electrons. The number of hydrogen-bond acceptors (Lipinski definition) is 2. The first kappa shape index (κ1) is 9.03. The number of aliphatic carboxylic acids is 2. The lowest BCUT2D eigenvalue weighted by molar-refractivity contribution is -0.179. The molecular weight excluding hydrogens is 160 g/mol. The first-order chi connectivity index (χ1) is 5.55. The number of carboxylic acid groups (broad SMARTS) is 2. The van der Waals surface area contributed by atoms with E-state index in [1.165, 1.54) is 0 Å². The number of carboxylic acids is 2. The smallest absolute Gasteiger partial charge is 0.321 e. The molecule has 0 aromatic heterocycles. The number of hydrogen-bond donors (Lipinski definition) is 2. The fourth-order valence-electron chi connectivity index (χ4n) is 1.84. The first-order valence-corrected chi connectivity index (χ1v) is 4.02. The molecule has 0 saturated heterocycles. The Morgan fingerprint density at radius 1 is 1.42 bits per heavy atom. The van der Waals surface area contributed by atoms with E-state index in [0.29, 0.717) is 6.42 Å². The van der Waals surface area contributed by atoms with E-state index < -0.39 is 17.4 Å². The number of carbonyl (C=O) groups is 2. The molecule has 1 aliphatic carbocycles. The van der Waals surface area contributed by atoms with Crippen LogP contribution < -0.4 is 0 Å². The van der Waals surface area contributed by atoms with Gasteiger partial charge in [-0.05, 0) is 18.8 Å². The summed E-state index contributed by atoms with van der Waals surface area (Å²) in [6, 6.07) is 0. The van der Waals surface area contributed by atoms with Crippen molar-refractivity contribution in [2.45, 2.75) is 26.2 Å². The normalized spacial score (nSPS) is 25.9. The zero-order valence-corrected chi connectivity index (χ0v) is 6.91. The Morgan fingerprint density at radius 2 is 1.92 bits per heavy atom. The SMILES string of the molecule is CCC1CCC1(C(=O)O)C(=O)O. The van der Waals surface area contributed by atoms with E-state index in [1.807, 2.05) is 6.92 Å². The molecule has 1 saturated carbocycles. The predicted molar refractivity (Wildman–Crippen MR) is 40.7 cm³/mol. The standard InChI is InChI=1S/C8H12O4/c1-2-5-3-4-8(5,6(9)10)7(11)12/h5H,2-4H2,1H3,(H,9,10)(H,11,12). The molecular formula is C8H12O4. The van der Waals surface area contributed by atoms with E-state index in [-0.39, 0.29) is 12.3 Å². The van der Waals surface area contributed by atoms with Crippen LogP contribution in [0.1, 0.15) is 26.2 Å². The van der Waals surface area contributed by atoms with Crippen LogP contribution in [0.3, 0.4) is 0 Å². The summed E-state index contributed by atoms with van der Waals surface area (Å²) in [5, 5.41) is 17.5. The fraction of sp³-hybridized carbons (Fsp3) is 0.750. The summed E-state index contributed by atoms with van der Waals surface area (Å²) in [6.45, 7) is 1.82. The zero-order chi connectivity index (χ0) is 9.35. The second-order valence-corrected chi connectivity index (χ2v) is 3.23. The van der Waals surface area contributed by atoms with Gasteiger partial charge < -0.3 is 10.2 Å². The summed E-state index contributed by atoms with van der Waals surface area (Å²) in [5.74, 6) is -2.56. The van der Waals surface area contributed by atoms with Crippen LogP contribution in [-0.2, 0) is 9.59 Å². The second kappa shape index (κ2) is 2.77. The molecule has 2 N–H and O–H groups in total. The van der Waals surface area contributed by atoms with Gasteiger partial charge in [-0.1, -0.05) is 13.3 Å². The van der Waals surface area contributed by atoms with Crippen LogP contribution in [-0.4, -0.2) is 22.2 Å². The molecule has 12 heavy (non-hydrogen) atoms. The molecule has 1 rings (SSSR count). The maximum atomic E-state index is 10.7. The lowest BCUT2D eigenvalue weighted by atomic mass is 9.59. The highest BCUT2D eigenvalue weighted by Crippen LogP contribution is 2.48. The van der Waals surface area contributed by atoms with Gasteiger partial charge in [-0.3, -0.25) is 9.59 Å². The number of rotatable bonds is 3. The average Bonchev–Trinajstić information content (AvgIpc) is 1.84. The van der Waals surface area contributed by atoms with Gasteiger partial charge >= 0.3 is 11.9 Å². The maximum Gasteiger partial charge on any atom is 0.321 e. The van der Waals surface area contributed by atoms with Crippen molar-refractivity contribution in [3.05, 3.63) is 0 Å². The fourth-order valence-corrected chi connectivity index (χ4v) is 1.84. The molecule has 0 bridgehead atoms. The molecule has 4 nitrogen and oxygen atoms in total. The topological polar surface area (TPSA) is 74.6 Å². The largest absolute Gasteiger partial charge is 0.480 e. The summed E-state index contributed by atoms with van der Waals surface area (Å²) >= 11 is 0. The van der Waals surface area contributed by atoms with Crippen LogP contribution in [0.4, 0.5) is 0 Å². The van der Waals surface area contributed by atoms with Crippen molar-refractivity contribution < 1.29 is 19.8 Å². The van der Waals surface area contributed by atoms with Crippen molar-refractivity contribution in [3.8, 4) is 0 Å². The third-order valence-electron chi connectivity index (χ3n) is 2.84. The van der Waals surface area contributed by atoms with Crippen molar-refractivity contribution in [2.24, 2.45) is 11.3 Å². The van der Waals surface area contributed by atoms with Crippen molar-refractivity contribution >= 4 is 11.9 Å². The molecule has 0 spiro atoms. The summed E-state index contributed by atoms with van der Waals surface area (Å²) in [5.41, 5.74) is -1.48. The summed E-state index contributed by atoms with van der Waals surface area (Å²) in [6.07, 6.45) is 1.61. The Bertz CT molecular complexity index is 205. The first-order valence-electron chi connectivity index (χ1n) is 4.02. The van der Waals surface area contributed by atoms with Crippen LogP contribution in [0.2, 0.25) is 0 Å². The Morgan fingerprint density at radius 3 is 2.00 bits per heavy atom. The van der Waals surface area contributed by atoms with Gasteiger partial charge in [0.05, 0.1) is 0 Å². The van der Waals surface area contributed by atoms with Crippen molar-refractivity contribution in [3.63, 3.8) is 0 Å². The molecule has 4 heteroatoms. The molecule has 0 heterocycles. The van der Waals surface area contributed by atoms with Gasteiger partial charge in [-0.15, -0.1) is 0 Å². The van der Waals surface area contributed by atoms with E-state index in [9.17, 15) is 9.59 Å². The van der Waals surface area contributed by atoms with E-state index in [0.717, 1.165) is 6.42 Å². The van der Waals surface area contributed by atoms with Gasteiger partial charge in [0.25, 0.3) is 0 Å². The zero-order valence-electron chi connectivity index (χ0n) is 6.91. The molecule has 0 aromatic carbocycles. The van der Waals surface area contributed by atoms with Gasteiger partial charge in [0.2, 0.25) is 0 Å². The molecule has 1 atom stereocenters. The van der Waals surface area contributed by atoms with Crippen LogP contribution in [0.25, 0.3) is 0 Å². The van der Waals surface area contributed by atoms with Gasteiger partial charge in [0.1, 0.15) is 0 Å². The minimum Gasteiger partial charge on any atom is -0.480 e. The Labute approximate surface area is 70.2 Å². The van der Waals surface area contributed by atoms with E-state index in [2.05, 4.69) is 0 Å². The van der Waals surface area contributed by atoms with Gasteiger partial charge in [0.15, 0.2) is 5.41 Å². The Kier molecular flexibility index (Phi) is 2.08. The predicted octanol–water partition coefficient (Wildman–Crippen LogP) is 0.962. The third kappa shape index (κ3) is 0.906. The molecule has 1 unspecified atom stereocenters. The second-order valence-electron chi connectivity index (χ2n) is 3.23. The van der Waals surface area contributed by atoms with Crippen molar-refractivity contribution in [1.82, 2.24) is 0 Å². The van der Waals surface area contributed by atoms with E-state index in [4.69, 9.17) is 10.2 Å². The third-order valence-corrected chi connectivity index (χ3v) is 2.84. The quantitative estimate of drug-likeness (QED) is 0.622. The lowest BCUT2D eigenvalue weighted by Gasteiger charge is -2.42. The monoisotopic (exact) mass is 172 g/mol. The molecule has 0 amide bonds. The summed E-state index contributed by atoms with van der Waals surface area (Å²) < 4.78 is 0.